The zero-order chi connectivity index (χ0) is 23.5. The molecule has 0 saturated heterocycles. The van der Waals surface area contributed by atoms with Crippen LogP contribution >= 0.6 is 0 Å². The van der Waals surface area contributed by atoms with Crippen LogP contribution in [0, 0.1) is 0 Å². The van der Waals surface area contributed by atoms with Crippen molar-refractivity contribution < 1.29 is 67.2 Å². The van der Waals surface area contributed by atoms with Crippen LogP contribution in [0.4, 0.5) is 35.1 Å². The zero-order valence-corrected chi connectivity index (χ0v) is 14.5. The molecule has 0 aromatic carbocycles. The summed E-state index contributed by atoms with van der Waals surface area (Å²) in [4.78, 5) is 23.0. The Labute approximate surface area is 156 Å². The average Bonchev–Trinajstić information content (AvgIpc) is 2.49. The molecule has 1 atom stereocenters. The van der Waals surface area contributed by atoms with E-state index in [0.29, 0.717) is 0 Å². The number of hydrogen-bond acceptors (Lipinski definition) is 7. The normalized spacial score (nSPS) is 15.2. The monoisotopic (exact) mass is 464 g/mol. The number of carbonyl (C=O) groups excluding carboxylic acids is 2. The summed E-state index contributed by atoms with van der Waals surface area (Å²) >= 11 is 0. The molecule has 0 aliphatic carbocycles. The number of halogens is 8. The predicted molar refractivity (Wildman–Crippen MR) is 73.6 cm³/mol. The molecule has 8 nitrogen and oxygen atoms in total. The first-order chi connectivity index (χ1) is 12.7. The van der Waals surface area contributed by atoms with Gasteiger partial charge in [-0.15, -0.1) is 0 Å². The molecule has 168 valence electrons. The lowest BCUT2D eigenvalue weighted by Gasteiger charge is -2.33. The Bertz CT molecular complexity index is 774. The standard InChI is InChI=1S/C12H11F8NO7S/c1-3-21-8(23)10(12(18,19)20,28-7(22)6(2)11(15,16)17)27-5-4-9(13,14)29(24,25)26/h3H,1-2,4-5H2,(H,21,23)(H,24,25,26)/p-1. The van der Waals surface area contributed by atoms with E-state index in [-0.39, 0.29) is 6.20 Å². The van der Waals surface area contributed by atoms with Gasteiger partial charge in [-0.05, 0) is 6.20 Å². The van der Waals surface area contributed by atoms with E-state index in [0.717, 1.165) is 0 Å². The van der Waals surface area contributed by atoms with Crippen LogP contribution in [0.5, 0.6) is 0 Å². The van der Waals surface area contributed by atoms with Crippen molar-refractivity contribution in [1.82, 2.24) is 5.32 Å². The molecule has 0 saturated carbocycles. The molecule has 1 N–H and O–H groups in total. The highest BCUT2D eigenvalue weighted by Crippen LogP contribution is 2.38. The summed E-state index contributed by atoms with van der Waals surface area (Å²) < 4.78 is 142. The van der Waals surface area contributed by atoms with Gasteiger partial charge in [0.25, 0.3) is 0 Å². The Balaban J connectivity index is 6.04. The van der Waals surface area contributed by atoms with E-state index in [2.05, 4.69) is 22.6 Å². The first kappa shape index (κ1) is 26.7. The smallest absolute Gasteiger partial charge is 0.466 e. The lowest BCUT2D eigenvalue weighted by Crippen LogP contribution is -2.61. The molecule has 0 heterocycles. The molecule has 1 amide bonds. The molecule has 17 heteroatoms. The number of hydrogen-bond donors (Lipinski definition) is 1. The molecule has 0 radical (unpaired) electrons. The molecule has 1 unspecified atom stereocenters. The van der Waals surface area contributed by atoms with E-state index in [1.807, 2.05) is 0 Å². The molecule has 0 aromatic heterocycles. The molecule has 0 aromatic rings. The number of alkyl halides is 8. The largest absolute Gasteiger partial charge is 0.743 e. The van der Waals surface area contributed by atoms with Gasteiger partial charge in [0.15, 0.2) is 10.1 Å². The Hall–Kier alpha value is -2.27. The van der Waals surface area contributed by atoms with Gasteiger partial charge < -0.3 is 19.3 Å². The van der Waals surface area contributed by atoms with Crippen molar-refractivity contribution in [2.75, 3.05) is 6.61 Å². The molecule has 0 spiro atoms. The summed E-state index contributed by atoms with van der Waals surface area (Å²) in [5, 5.41) is -4.00. The summed E-state index contributed by atoms with van der Waals surface area (Å²) in [5.74, 6) is -10.3. The first-order valence-electron chi connectivity index (χ1n) is 6.68. The van der Waals surface area contributed by atoms with Crippen molar-refractivity contribution in [2.45, 2.75) is 29.8 Å². The van der Waals surface area contributed by atoms with Crippen molar-refractivity contribution >= 4 is 22.0 Å². The summed E-state index contributed by atoms with van der Waals surface area (Å²) in [5.41, 5.74) is -2.52. The van der Waals surface area contributed by atoms with Gasteiger partial charge in [-0.25, -0.2) is 13.2 Å². The summed E-state index contributed by atoms with van der Waals surface area (Å²) in [7, 11) is -6.37. The van der Waals surface area contributed by atoms with E-state index >= 15 is 0 Å². The van der Waals surface area contributed by atoms with Gasteiger partial charge in [0.2, 0.25) is 0 Å². The fourth-order valence-corrected chi connectivity index (χ4v) is 1.68. The van der Waals surface area contributed by atoms with E-state index in [1.54, 1.807) is 0 Å². The number of rotatable bonds is 9. The first-order valence-corrected chi connectivity index (χ1v) is 8.09. The van der Waals surface area contributed by atoms with Crippen LogP contribution in [0.25, 0.3) is 0 Å². The molecular weight excluding hydrogens is 454 g/mol. The van der Waals surface area contributed by atoms with Crippen molar-refractivity contribution in [3.05, 3.63) is 24.9 Å². The van der Waals surface area contributed by atoms with Crippen LogP contribution in [0.2, 0.25) is 0 Å². The maximum absolute atomic E-state index is 13.3. The number of ether oxygens (including phenoxy) is 2. The van der Waals surface area contributed by atoms with E-state index in [9.17, 15) is 57.7 Å². The molecule has 0 aliphatic rings. The maximum Gasteiger partial charge on any atom is 0.466 e. The SMILES string of the molecule is C=CNC(=O)C(OCCC(F)(F)S(=O)(=O)[O-])(OC(=O)C(=C)C(F)(F)F)C(F)(F)F. The van der Waals surface area contributed by atoms with Gasteiger partial charge in [0.05, 0.1) is 6.61 Å². The Morgan fingerprint density at radius 3 is 1.90 bits per heavy atom. The van der Waals surface area contributed by atoms with Crippen molar-refractivity contribution in [2.24, 2.45) is 0 Å². The molecule has 0 fully saturated rings. The van der Waals surface area contributed by atoms with E-state index in [4.69, 9.17) is 0 Å². The minimum atomic E-state index is -6.37. The summed E-state index contributed by atoms with van der Waals surface area (Å²) in [6.45, 7) is 2.82. The van der Waals surface area contributed by atoms with Gasteiger partial charge in [-0.3, -0.25) is 4.79 Å². The lowest BCUT2D eigenvalue weighted by atomic mass is 10.2. The summed E-state index contributed by atoms with van der Waals surface area (Å²) in [6.07, 6.45) is -13.8. The van der Waals surface area contributed by atoms with Crippen LogP contribution in [0.15, 0.2) is 24.9 Å². The fourth-order valence-electron chi connectivity index (χ4n) is 1.34. The van der Waals surface area contributed by atoms with Crippen LogP contribution in [-0.4, -0.2) is 54.8 Å². The fraction of sp³-hybridized carbons (Fsp3) is 0.500. The van der Waals surface area contributed by atoms with E-state index in [1.165, 1.54) is 5.32 Å². The highest BCUT2D eigenvalue weighted by Gasteiger charge is 2.67. The third kappa shape index (κ3) is 6.36. The number of amides is 1. The Kier molecular flexibility index (Phi) is 7.94. The third-order valence-electron chi connectivity index (χ3n) is 2.79. The second kappa shape index (κ2) is 8.62. The minimum absolute atomic E-state index is 0.245. The van der Waals surface area contributed by atoms with Crippen LogP contribution in [0.3, 0.4) is 0 Å². The van der Waals surface area contributed by atoms with Crippen LogP contribution < -0.4 is 5.32 Å². The zero-order valence-electron chi connectivity index (χ0n) is 13.7. The highest BCUT2D eigenvalue weighted by molar-refractivity contribution is 7.86. The number of carbonyl (C=O) groups is 2. The topological polar surface area (TPSA) is 122 Å². The number of nitrogens with one attached hydrogen (secondary N) is 1. The summed E-state index contributed by atoms with van der Waals surface area (Å²) in [6, 6.07) is 0. The minimum Gasteiger partial charge on any atom is -0.743 e. The second-order valence-electron chi connectivity index (χ2n) is 4.85. The van der Waals surface area contributed by atoms with Gasteiger partial charge >= 0.3 is 35.3 Å². The van der Waals surface area contributed by atoms with Crippen LogP contribution in [0.1, 0.15) is 6.42 Å². The van der Waals surface area contributed by atoms with Crippen molar-refractivity contribution in [1.29, 1.82) is 0 Å². The molecule has 0 rings (SSSR count). The molecule has 0 aliphatic heterocycles. The second-order valence-corrected chi connectivity index (χ2v) is 6.35. The van der Waals surface area contributed by atoms with Gasteiger partial charge in [0, 0.05) is 6.42 Å². The predicted octanol–water partition coefficient (Wildman–Crippen LogP) is 1.71. The maximum atomic E-state index is 13.3. The van der Waals surface area contributed by atoms with Crippen molar-refractivity contribution in [3.63, 3.8) is 0 Å². The van der Waals surface area contributed by atoms with Gasteiger partial charge in [-0.2, -0.15) is 35.1 Å². The molecule has 29 heavy (non-hydrogen) atoms. The van der Waals surface area contributed by atoms with E-state index < -0.39 is 64.0 Å². The van der Waals surface area contributed by atoms with Gasteiger partial charge in [0.1, 0.15) is 5.57 Å². The highest BCUT2D eigenvalue weighted by atomic mass is 32.2. The average molecular weight is 464 g/mol. The molecular formula is C12H10F8NO7S-. The van der Waals surface area contributed by atoms with Crippen molar-refractivity contribution in [3.8, 4) is 0 Å². The quantitative estimate of drug-likeness (QED) is 0.181. The Morgan fingerprint density at radius 1 is 1.07 bits per heavy atom. The molecule has 0 bridgehead atoms. The van der Waals surface area contributed by atoms with Crippen LogP contribution in [-0.2, 0) is 29.2 Å². The van der Waals surface area contributed by atoms with Gasteiger partial charge in [-0.1, -0.05) is 13.2 Å². The lowest BCUT2D eigenvalue weighted by molar-refractivity contribution is -0.348. The third-order valence-corrected chi connectivity index (χ3v) is 3.73. The Morgan fingerprint density at radius 2 is 1.55 bits per heavy atom. The number of esters is 1.